The van der Waals surface area contributed by atoms with Gasteiger partial charge in [0.25, 0.3) is 0 Å². The molecule has 0 spiro atoms. The van der Waals surface area contributed by atoms with Crippen LogP contribution in [0, 0.1) is 11.7 Å². The molecule has 2 N–H and O–H groups in total. The Labute approximate surface area is 153 Å². The van der Waals surface area contributed by atoms with Crippen LogP contribution in [0.5, 0.6) is 11.5 Å². The molecule has 0 aromatic heterocycles. The van der Waals surface area contributed by atoms with Crippen LogP contribution in [0.15, 0.2) is 48.5 Å². The quantitative estimate of drug-likeness (QED) is 0.771. The van der Waals surface area contributed by atoms with Gasteiger partial charge in [0.1, 0.15) is 5.75 Å². The molecular formula is C21H24FNO3. The summed E-state index contributed by atoms with van der Waals surface area (Å²) in [5.41, 5.74) is 0.850. The first-order valence-corrected chi connectivity index (χ1v) is 9.04. The highest BCUT2D eigenvalue weighted by atomic mass is 19.1. The minimum Gasteiger partial charge on any atom is -0.481 e. The molecule has 0 heterocycles. The second kappa shape index (κ2) is 8.32. The van der Waals surface area contributed by atoms with Gasteiger partial charge in [-0.2, -0.15) is 0 Å². The summed E-state index contributed by atoms with van der Waals surface area (Å²) in [5, 5.41) is 12.6. The highest BCUT2D eigenvalue weighted by molar-refractivity contribution is 5.70. The molecule has 2 aromatic carbocycles. The molecule has 1 fully saturated rings. The van der Waals surface area contributed by atoms with Gasteiger partial charge in [-0.1, -0.05) is 24.3 Å². The number of hydrogen-bond donors (Lipinski definition) is 2. The molecule has 4 nitrogen and oxygen atoms in total. The van der Waals surface area contributed by atoms with Crippen molar-refractivity contribution in [3.05, 3.63) is 59.9 Å². The van der Waals surface area contributed by atoms with Gasteiger partial charge < -0.3 is 15.2 Å². The standard InChI is InChI=1S/C21H24FNO3/c1-14(23-17-10-7-15(8-11-17)21(24)25)16-9-12-20(19(22)13-16)26-18-5-3-2-4-6-18/h2-6,9,12-15,17,23H,7-8,10-11H2,1H3,(H,24,25). The number of carboxylic acids is 1. The van der Waals surface area contributed by atoms with E-state index < -0.39 is 11.8 Å². The molecule has 0 saturated heterocycles. The zero-order valence-electron chi connectivity index (χ0n) is 14.8. The number of hydrogen-bond acceptors (Lipinski definition) is 3. The van der Waals surface area contributed by atoms with Gasteiger partial charge in [0, 0.05) is 12.1 Å². The van der Waals surface area contributed by atoms with Gasteiger partial charge in [-0.25, -0.2) is 4.39 Å². The van der Waals surface area contributed by atoms with E-state index in [-0.39, 0.29) is 23.8 Å². The summed E-state index contributed by atoms with van der Waals surface area (Å²) in [6.07, 6.45) is 3.05. The Morgan fingerprint density at radius 3 is 2.46 bits per heavy atom. The number of ether oxygens (including phenoxy) is 1. The maximum absolute atomic E-state index is 14.4. The fraction of sp³-hybridized carbons (Fsp3) is 0.381. The van der Waals surface area contributed by atoms with Crippen LogP contribution in [0.4, 0.5) is 4.39 Å². The fourth-order valence-electron chi connectivity index (χ4n) is 3.44. The molecule has 1 aliphatic rings. The van der Waals surface area contributed by atoms with Crippen LogP contribution in [0.2, 0.25) is 0 Å². The third-order valence-corrected chi connectivity index (χ3v) is 4.99. The van der Waals surface area contributed by atoms with Crippen molar-refractivity contribution in [2.45, 2.75) is 44.7 Å². The summed E-state index contributed by atoms with van der Waals surface area (Å²) >= 11 is 0. The van der Waals surface area contributed by atoms with E-state index in [1.165, 1.54) is 6.07 Å². The summed E-state index contributed by atoms with van der Waals surface area (Å²) in [6, 6.07) is 14.4. The van der Waals surface area contributed by atoms with E-state index in [0.29, 0.717) is 18.6 Å². The molecule has 2 aromatic rings. The Morgan fingerprint density at radius 1 is 1.15 bits per heavy atom. The van der Waals surface area contributed by atoms with Gasteiger partial charge in [-0.15, -0.1) is 0 Å². The predicted molar refractivity (Wildman–Crippen MR) is 97.8 cm³/mol. The van der Waals surface area contributed by atoms with E-state index in [1.807, 2.05) is 31.2 Å². The summed E-state index contributed by atoms with van der Waals surface area (Å²) in [4.78, 5) is 11.0. The van der Waals surface area contributed by atoms with Crippen molar-refractivity contribution in [1.82, 2.24) is 5.32 Å². The van der Waals surface area contributed by atoms with Crippen molar-refractivity contribution in [3.8, 4) is 11.5 Å². The third kappa shape index (κ3) is 4.61. The first kappa shape index (κ1) is 18.4. The summed E-state index contributed by atoms with van der Waals surface area (Å²) in [6.45, 7) is 2.00. The Kier molecular flexibility index (Phi) is 5.89. The van der Waals surface area contributed by atoms with Crippen LogP contribution < -0.4 is 10.1 Å². The normalized spacial score (nSPS) is 21.2. The van der Waals surface area contributed by atoms with E-state index in [1.54, 1.807) is 18.2 Å². The molecule has 26 heavy (non-hydrogen) atoms. The van der Waals surface area contributed by atoms with Gasteiger partial charge in [0.2, 0.25) is 0 Å². The number of carboxylic acid groups (broad SMARTS) is 1. The van der Waals surface area contributed by atoms with Crippen molar-refractivity contribution >= 4 is 5.97 Å². The fourth-order valence-corrected chi connectivity index (χ4v) is 3.44. The monoisotopic (exact) mass is 357 g/mol. The van der Waals surface area contributed by atoms with E-state index in [4.69, 9.17) is 9.84 Å². The number of carbonyl (C=O) groups is 1. The number of benzene rings is 2. The van der Waals surface area contributed by atoms with Crippen molar-refractivity contribution < 1.29 is 19.0 Å². The lowest BCUT2D eigenvalue weighted by Crippen LogP contribution is -2.36. The third-order valence-electron chi connectivity index (χ3n) is 4.99. The van der Waals surface area contributed by atoms with Crippen LogP contribution in [-0.2, 0) is 4.79 Å². The Hall–Kier alpha value is -2.40. The van der Waals surface area contributed by atoms with E-state index >= 15 is 0 Å². The van der Waals surface area contributed by atoms with Crippen LogP contribution in [0.25, 0.3) is 0 Å². The molecule has 3 rings (SSSR count). The lowest BCUT2D eigenvalue weighted by Gasteiger charge is -2.29. The molecule has 5 heteroatoms. The zero-order chi connectivity index (χ0) is 18.5. The lowest BCUT2D eigenvalue weighted by molar-refractivity contribution is -0.142. The summed E-state index contributed by atoms with van der Waals surface area (Å²) < 4.78 is 20.0. The number of aliphatic carboxylic acids is 1. The number of halogens is 1. The molecule has 0 amide bonds. The number of nitrogens with one attached hydrogen (secondary N) is 1. The van der Waals surface area contributed by atoms with Crippen molar-refractivity contribution in [2.75, 3.05) is 0 Å². The van der Waals surface area contributed by atoms with Gasteiger partial charge in [0.15, 0.2) is 11.6 Å². The second-order valence-corrected chi connectivity index (χ2v) is 6.88. The summed E-state index contributed by atoms with van der Waals surface area (Å²) in [7, 11) is 0. The number of para-hydroxylation sites is 1. The molecule has 1 unspecified atom stereocenters. The SMILES string of the molecule is CC(NC1CCC(C(=O)O)CC1)c1ccc(Oc2ccccc2)c(F)c1. The van der Waals surface area contributed by atoms with Crippen molar-refractivity contribution in [1.29, 1.82) is 0 Å². The molecule has 0 radical (unpaired) electrons. The average Bonchev–Trinajstić information content (AvgIpc) is 2.64. The molecular weight excluding hydrogens is 333 g/mol. The molecule has 1 aliphatic carbocycles. The first-order chi connectivity index (χ1) is 12.5. The predicted octanol–water partition coefficient (Wildman–Crippen LogP) is 4.91. The maximum atomic E-state index is 14.4. The zero-order valence-corrected chi connectivity index (χ0v) is 14.8. The van der Waals surface area contributed by atoms with E-state index in [2.05, 4.69) is 5.32 Å². The Bertz CT molecular complexity index is 742. The van der Waals surface area contributed by atoms with Crippen LogP contribution in [0.1, 0.15) is 44.2 Å². The van der Waals surface area contributed by atoms with Crippen LogP contribution in [-0.4, -0.2) is 17.1 Å². The summed E-state index contributed by atoms with van der Waals surface area (Å²) in [5.74, 6) is -0.521. The maximum Gasteiger partial charge on any atom is 0.306 e. The number of rotatable bonds is 6. The van der Waals surface area contributed by atoms with Gasteiger partial charge in [-0.3, -0.25) is 4.79 Å². The Morgan fingerprint density at radius 2 is 1.85 bits per heavy atom. The van der Waals surface area contributed by atoms with E-state index in [0.717, 1.165) is 18.4 Å². The lowest BCUT2D eigenvalue weighted by atomic mass is 9.85. The van der Waals surface area contributed by atoms with Crippen molar-refractivity contribution in [2.24, 2.45) is 5.92 Å². The first-order valence-electron chi connectivity index (χ1n) is 9.04. The smallest absolute Gasteiger partial charge is 0.306 e. The molecule has 1 saturated carbocycles. The van der Waals surface area contributed by atoms with E-state index in [9.17, 15) is 9.18 Å². The van der Waals surface area contributed by atoms with Gasteiger partial charge >= 0.3 is 5.97 Å². The average molecular weight is 357 g/mol. The molecule has 1 atom stereocenters. The highest BCUT2D eigenvalue weighted by Gasteiger charge is 2.26. The Balaban J connectivity index is 1.59. The largest absolute Gasteiger partial charge is 0.481 e. The van der Waals surface area contributed by atoms with Crippen LogP contribution >= 0.6 is 0 Å². The van der Waals surface area contributed by atoms with Gasteiger partial charge in [-0.05, 0) is 62.4 Å². The highest BCUT2D eigenvalue weighted by Crippen LogP contribution is 2.29. The van der Waals surface area contributed by atoms with Crippen LogP contribution in [0.3, 0.4) is 0 Å². The molecule has 0 aliphatic heterocycles. The topological polar surface area (TPSA) is 58.6 Å². The molecule has 0 bridgehead atoms. The molecule has 138 valence electrons. The van der Waals surface area contributed by atoms with Crippen molar-refractivity contribution in [3.63, 3.8) is 0 Å². The minimum absolute atomic E-state index is 0.0124. The second-order valence-electron chi connectivity index (χ2n) is 6.88. The minimum atomic E-state index is -0.701. The van der Waals surface area contributed by atoms with Gasteiger partial charge in [0.05, 0.1) is 5.92 Å².